The molecule has 0 saturated heterocycles. The number of Topliss-reactive ketones (excluding diaryl/α,β-unsaturated/α-hetero) is 1. The lowest BCUT2D eigenvalue weighted by Crippen LogP contribution is -2.46. The van der Waals surface area contributed by atoms with Crippen LogP contribution in [-0.4, -0.2) is 42.9 Å². The summed E-state index contributed by atoms with van der Waals surface area (Å²) >= 11 is 0. The van der Waals surface area contributed by atoms with E-state index in [0.717, 1.165) is 26.0 Å². The van der Waals surface area contributed by atoms with Gasteiger partial charge in [0.15, 0.2) is 5.69 Å². The van der Waals surface area contributed by atoms with Crippen molar-refractivity contribution in [2.45, 2.75) is 18.9 Å². The first kappa shape index (κ1) is 18.2. The molecule has 0 spiro atoms. The Bertz CT molecular complexity index is 706. The minimum absolute atomic E-state index is 0.604. The van der Waals surface area contributed by atoms with E-state index < -0.39 is 35.3 Å². The number of carbonyl (C=O) groups excluding carboxylic acids is 1. The number of nitrogens with zero attached hydrogens (tertiary/aromatic N) is 2. The molecule has 130 valence electrons. The fourth-order valence-corrected chi connectivity index (χ4v) is 2.42. The summed E-state index contributed by atoms with van der Waals surface area (Å²) in [5, 5.41) is 3.51. The molecule has 24 heavy (non-hydrogen) atoms. The van der Waals surface area contributed by atoms with Gasteiger partial charge in [0.2, 0.25) is 5.82 Å². The van der Waals surface area contributed by atoms with Crippen LogP contribution >= 0.6 is 0 Å². The van der Waals surface area contributed by atoms with E-state index >= 15 is 0 Å². The fraction of sp³-hybridized carbons (Fsp3) is 0.375. The van der Waals surface area contributed by atoms with E-state index in [1.54, 1.807) is 37.3 Å². The normalized spacial score (nSPS) is 13.1. The first-order valence-corrected chi connectivity index (χ1v) is 7.10. The Morgan fingerprint density at radius 1 is 1.12 bits per heavy atom. The Morgan fingerprint density at radius 3 is 2.17 bits per heavy atom. The fourth-order valence-electron chi connectivity index (χ4n) is 2.42. The van der Waals surface area contributed by atoms with Crippen molar-refractivity contribution in [3.63, 3.8) is 0 Å². The predicted octanol–water partition coefficient (Wildman–Crippen LogP) is 2.55. The second kappa shape index (κ2) is 7.16. The average molecular weight is 340 g/mol. The summed E-state index contributed by atoms with van der Waals surface area (Å²) in [7, 11) is 3.46. The first-order valence-electron chi connectivity index (χ1n) is 7.10. The number of methoxy groups -OCH3 is 3. The van der Waals surface area contributed by atoms with Crippen LogP contribution in [0.3, 0.4) is 0 Å². The predicted molar refractivity (Wildman–Crippen MR) is 80.5 cm³/mol. The van der Waals surface area contributed by atoms with E-state index in [9.17, 15) is 13.6 Å². The Morgan fingerprint density at radius 2 is 1.67 bits per heavy atom. The second-order valence-electron chi connectivity index (χ2n) is 4.98. The van der Waals surface area contributed by atoms with Gasteiger partial charge in [0, 0.05) is 21.3 Å². The SMILES string of the molecule is COC(OC)(OC)C(=O)c1c(F)c(F)nn1[C@H](C)c1ccccc1. The van der Waals surface area contributed by atoms with E-state index in [1.807, 2.05) is 0 Å². The minimum atomic E-state index is -2.19. The molecule has 6 nitrogen and oxygen atoms in total. The Hall–Kier alpha value is -2.16. The molecule has 0 amide bonds. The van der Waals surface area contributed by atoms with Crippen LogP contribution in [0, 0.1) is 11.8 Å². The van der Waals surface area contributed by atoms with Crippen LogP contribution in [-0.2, 0) is 14.2 Å². The summed E-state index contributed by atoms with van der Waals surface area (Å²) in [4.78, 5) is 12.7. The highest BCUT2D eigenvalue weighted by molar-refractivity contribution is 5.99. The number of aromatic nitrogens is 2. The van der Waals surface area contributed by atoms with Gasteiger partial charge in [-0.25, -0.2) is 4.68 Å². The molecule has 1 heterocycles. The van der Waals surface area contributed by atoms with E-state index in [-0.39, 0.29) is 0 Å². The van der Waals surface area contributed by atoms with Gasteiger partial charge in [0.1, 0.15) is 0 Å². The lowest BCUT2D eigenvalue weighted by Gasteiger charge is -2.27. The third-order valence-corrected chi connectivity index (χ3v) is 3.76. The monoisotopic (exact) mass is 340 g/mol. The number of ether oxygens (including phenoxy) is 3. The topological polar surface area (TPSA) is 62.6 Å². The number of rotatable bonds is 7. The zero-order chi connectivity index (χ0) is 17.9. The van der Waals surface area contributed by atoms with Crippen molar-refractivity contribution in [3.05, 3.63) is 53.4 Å². The quantitative estimate of drug-likeness (QED) is 0.573. The standard InChI is InChI=1S/C16H18F2N2O4/c1-10(11-8-6-5-7-9-11)20-13(12(17)15(18)19-20)14(21)16(22-2,23-3)24-4/h5-10H,1-4H3/t10-/m1/s1. The summed E-state index contributed by atoms with van der Waals surface area (Å²) < 4.78 is 43.7. The minimum Gasteiger partial charge on any atom is -0.324 e. The van der Waals surface area contributed by atoms with Gasteiger partial charge in [-0.05, 0) is 12.5 Å². The number of hydrogen-bond acceptors (Lipinski definition) is 5. The second-order valence-corrected chi connectivity index (χ2v) is 4.98. The molecule has 2 aromatic rings. The highest BCUT2D eigenvalue weighted by atomic mass is 19.2. The number of hydrogen-bond donors (Lipinski definition) is 0. The first-order chi connectivity index (χ1) is 11.4. The number of benzene rings is 1. The van der Waals surface area contributed by atoms with Gasteiger partial charge in [-0.15, -0.1) is 5.10 Å². The number of carbonyl (C=O) groups is 1. The van der Waals surface area contributed by atoms with Crippen LogP contribution in [0.5, 0.6) is 0 Å². The number of halogens is 2. The molecule has 0 aliphatic rings. The zero-order valence-electron chi connectivity index (χ0n) is 13.7. The molecule has 1 atom stereocenters. The molecule has 0 bridgehead atoms. The van der Waals surface area contributed by atoms with Crippen molar-refractivity contribution in [2.24, 2.45) is 0 Å². The summed E-state index contributed by atoms with van der Waals surface area (Å²) in [6.45, 7) is 1.66. The number of ketones is 1. The van der Waals surface area contributed by atoms with E-state index in [2.05, 4.69) is 5.10 Å². The maximum absolute atomic E-state index is 14.2. The van der Waals surface area contributed by atoms with Gasteiger partial charge in [-0.1, -0.05) is 30.3 Å². The third-order valence-electron chi connectivity index (χ3n) is 3.76. The molecule has 1 aromatic heterocycles. The lowest BCUT2D eigenvalue weighted by molar-refractivity contribution is -0.312. The molecule has 1 aromatic carbocycles. The van der Waals surface area contributed by atoms with Crippen molar-refractivity contribution >= 4 is 5.78 Å². The molecule has 0 radical (unpaired) electrons. The van der Waals surface area contributed by atoms with Crippen LogP contribution < -0.4 is 0 Å². The summed E-state index contributed by atoms with van der Waals surface area (Å²) in [6, 6.07) is 8.26. The van der Waals surface area contributed by atoms with Crippen LogP contribution in [0.25, 0.3) is 0 Å². The molecular weight excluding hydrogens is 322 g/mol. The molecule has 0 unspecified atom stereocenters. The third kappa shape index (κ3) is 2.95. The van der Waals surface area contributed by atoms with Gasteiger partial charge in [-0.3, -0.25) is 4.79 Å². The van der Waals surface area contributed by atoms with Gasteiger partial charge in [-0.2, -0.15) is 8.78 Å². The summed E-state index contributed by atoms with van der Waals surface area (Å²) in [5.41, 5.74) is 0.0845. The molecule has 0 N–H and O–H groups in total. The van der Waals surface area contributed by atoms with Crippen molar-refractivity contribution in [2.75, 3.05) is 21.3 Å². The molecule has 2 rings (SSSR count). The average Bonchev–Trinajstić information content (AvgIpc) is 2.92. The summed E-state index contributed by atoms with van der Waals surface area (Å²) in [6.07, 6.45) is 0. The molecule has 0 aliphatic carbocycles. The maximum Gasteiger partial charge on any atom is 0.352 e. The van der Waals surface area contributed by atoms with Gasteiger partial charge >= 0.3 is 5.97 Å². The Balaban J connectivity index is 2.57. The Kier molecular flexibility index (Phi) is 5.43. The van der Waals surface area contributed by atoms with Gasteiger partial charge in [0.05, 0.1) is 6.04 Å². The zero-order valence-corrected chi connectivity index (χ0v) is 13.7. The van der Waals surface area contributed by atoms with Crippen LogP contribution in [0.15, 0.2) is 30.3 Å². The maximum atomic E-state index is 14.2. The molecule has 0 aliphatic heterocycles. The Labute approximate surface area is 137 Å². The molecular formula is C16H18F2N2O4. The van der Waals surface area contributed by atoms with Crippen molar-refractivity contribution in [1.82, 2.24) is 9.78 Å². The van der Waals surface area contributed by atoms with Crippen LogP contribution in [0.4, 0.5) is 8.78 Å². The highest BCUT2D eigenvalue weighted by Gasteiger charge is 2.45. The van der Waals surface area contributed by atoms with Crippen LogP contribution in [0.2, 0.25) is 0 Å². The molecule has 8 heteroatoms. The highest BCUT2D eigenvalue weighted by Crippen LogP contribution is 2.27. The van der Waals surface area contributed by atoms with Gasteiger partial charge < -0.3 is 14.2 Å². The van der Waals surface area contributed by atoms with Gasteiger partial charge in [0.25, 0.3) is 11.7 Å². The molecule has 0 saturated carbocycles. The van der Waals surface area contributed by atoms with E-state index in [4.69, 9.17) is 14.2 Å². The smallest absolute Gasteiger partial charge is 0.324 e. The molecule has 0 fully saturated rings. The summed E-state index contributed by atoms with van der Waals surface area (Å²) in [5.74, 6) is -6.01. The van der Waals surface area contributed by atoms with Crippen molar-refractivity contribution in [3.8, 4) is 0 Å². The van der Waals surface area contributed by atoms with E-state index in [1.165, 1.54) is 0 Å². The lowest BCUT2D eigenvalue weighted by atomic mass is 10.1. The van der Waals surface area contributed by atoms with E-state index in [0.29, 0.717) is 5.56 Å². The van der Waals surface area contributed by atoms with Crippen molar-refractivity contribution < 1.29 is 27.8 Å². The largest absolute Gasteiger partial charge is 0.352 e. The van der Waals surface area contributed by atoms with Crippen molar-refractivity contribution in [1.29, 1.82) is 0 Å². The van der Waals surface area contributed by atoms with Crippen LogP contribution in [0.1, 0.15) is 29.0 Å².